The minimum atomic E-state index is -0.474. The molecule has 1 heterocycles. The largest absolute Gasteiger partial charge is 0.497 e. The molecule has 7 heteroatoms. The molecule has 0 bridgehead atoms. The van der Waals surface area contributed by atoms with E-state index >= 15 is 0 Å². The van der Waals surface area contributed by atoms with Gasteiger partial charge in [-0.05, 0) is 26.0 Å². The quantitative estimate of drug-likeness (QED) is 0.913. The number of ether oxygens (including phenoxy) is 2. The van der Waals surface area contributed by atoms with Gasteiger partial charge in [-0.1, -0.05) is 0 Å². The summed E-state index contributed by atoms with van der Waals surface area (Å²) in [5.41, 5.74) is 0.253. The van der Waals surface area contributed by atoms with Crippen LogP contribution in [0.2, 0.25) is 0 Å². The van der Waals surface area contributed by atoms with Crippen molar-refractivity contribution in [2.45, 2.75) is 20.0 Å². The lowest BCUT2D eigenvalue weighted by atomic mass is 10.2. The van der Waals surface area contributed by atoms with Crippen molar-refractivity contribution in [3.63, 3.8) is 0 Å². The standard InChI is InChI=1S/C14H17FN4O2/c1-8(2)21-14-18-12(17-13(16-3)19-14)10-6-5-9(20-4)7-11(10)15/h5-8H,1-4H3,(H,16,17,18,19). The van der Waals surface area contributed by atoms with E-state index in [4.69, 9.17) is 9.47 Å². The van der Waals surface area contributed by atoms with Crippen molar-refractivity contribution < 1.29 is 13.9 Å². The Kier molecular flexibility index (Phi) is 4.52. The number of rotatable bonds is 5. The van der Waals surface area contributed by atoms with Crippen molar-refractivity contribution in [2.75, 3.05) is 19.5 Å². The highest BCUT2D eigenvalue weighted by molar-refractivity contribution is 5.58. The van der Waals surface area contributed by atoms with E-state index in [1.54, 1.807) is 19.2 Å². The SMILES string of the molecule is CNc1nc(OC(C)C)nc(-c2ccc(OC)cc2F)n1. The predicted molar refractivity (Wildman–Crippen MR) is 77.1 cm³/mol. The molecule has 0 aliphatic rings. The van der Waals surface area contributed by atoms with E-state index in [0.717, 1.165) is 0 Å². The predicted octanol–water partition coefficient (Wildman–Crippen LogP) is 2.52. The molecule has 0 radical (unpaired) electrons. The fraction of sp³-hybridized carbons (Fsp3) is 0.357. The summed E-state index contributed by atoms with van der Waals surface area (Å²) in [7, 11) is 3.15. The third-order valence-corrected chi connectivity index (χ3v) is 2.60. The molecule has 0 aliphatic heterocycles. The fourth-order valence-corrected chi connectivity index (χ4v) is 1.66. The first kappa shape index (κ1) is 15.0. The van der Waals surface area contributed by atoms with Gasteiger partial charge in [0.2, 0.25) is 5.95 Å². The minimum absolute atomic E-state index is 0.0920. The monoisotopic (exact) mass is 292 g/mol. The van der Waals surface area contributed by atoms with Crippen molar-refractivity contribution in [1.82, 2.24) is 15.0 Å². The Hall–Kier alpha value is -2.44. The summed E-state index contributed by atoms with van der Waals surface area (Å²) in [6.45, 7) is 3.72. The van der Waals surface area contributed by atoms with E-state index in [-0.39, 0.29) is 23.5 Å². The second-order valence-electron chi connectivity index (χ2n) is 4.53. The molecule has 0 unspecified atom stereocenters. The molecule has 21 heavy (non-hydrogen) atoms. The molecule has 0 aliphatic carbocycles. The van der Waals surface area contributed by atoms with Crippen LogP contribution in [-0.4, -0.2) is 35.2 Å². The first-order valence-electron chi connectivity index (χ1n) is 6.48. The smallest absolute Gasteiger partial charge is 0.322 e. The van der Waals surface area contributed by atoms with Crippen LogP contribution in [0.5, 0.6) is 11.8 Å². The third-order valence-electron chi connectivity index (χ3n) is 2.60. The molecule has 0 spiro atoms. The van der Waals surface area contributed by atoms with Crippen LogP contribution in [-0.2, 0) is 0 Å². The molecule has 2 rings (SSSR count). The van der Waals surface area contributed by atoms with E-state index in [1.807, 2.05) is 13.8 Å². The van der Waals surface area contributed by atoms with Crippen LogP contribution >= 0.6 is 0 Å². The number of methoxy groups -OCH3 is 1. The Morgan fingerprint density at radius 3 is 2.52 bits per heavy atom. The van der Waals surface area contributed by atoms with Crippen molar-refractivity contribution in [3.8, 4) is 23.1 Å². The van der Waals surface area contributed by atoms with Crippen LogP contribution in [0, 0.1) is 5.82 Å². The molecular formula is C14H17FN4O2. The average Bonchev–Trinajstić information content (AvgIpc) is 2.45. The van der Waals surface area contributed by atoms with Crippen LogP contribution in [0.3, 0.4) is 0 Å². The Morgan fingerprint density at radius 1 is 1.19 bits per heavy atom. The van der Waals surface area contributed by atoms with E-state index in [1.165, 1.54) is 13.2 Å². The topological polar surface area (TPSA) is 69.2 Å². The molecule has 1 aromatic carbocycles. The highest BCUT2D eigenvalue weighted by Gasteiger charge is 2.14. The Morgan fingerprint density at radius 2 is 1.95 bits per heavy atom. The lowest BCUT2D eigenvalue weighted by Gasteiger charge is -2.11. The fourth-order valence-electron chi connectivity index (χ4n) is 1.66. The van der Waals surface area contributed by atoms with Gasteiger partial charge < -0.3 is 14.8 Å². The molecule has 0 saturated heterocycles. The summed E-state index contributed by atoms with van der Waals surface area (Å²) in [6.07, 6.45) is -0.0920. The highest BCUT2D eigenvalue weighted by atomic mass is 19.1. The second-order valence-corrected chi connectivity index (χ2v) is 4.53. The molecule has 6 nitrogen and oxygen atoms in total. The average molecular weight is 292 g/mol. The molecule has 112 valence electrons. The zero-order valence-corrected chi connectivity index (χ0v) is 12.3. The van der Waals surface area contributed by atoms with E-state index in [9.17, 15) is 4.39 Å². The van der Waals surface area contributed by atoms with Crippen molar-refractivity contribution in [2.24, 2.45) is 0 Å². The summed E-state index contributed by atoms with van der Waals surface area (Å²) >= 11 is 0. The van der Waals surface area contributed by atoms with E-state index in [0.29, 0.717) is 11.7 Å². The van der Waals surface area contributed by atoms with Gasteiger partial charge in [0.25, 0.3) is 0 Å². The number of hydrogen-bond acceptors (Lipinski definition) is 6. The van der Waals surface area contributed by atoms with Gasteiger partial charge in [0.1, 0.15) is 11.6 Å². The summed E-state index contributed by atoms with van der Waals surface area (Å²) in [5, 5.41) is 2.80. The number of aromatic nitrogens is 3. The molecule has 2 aromatic rings. The Labute approximate surface area is 122 Å². The van der Waals surface area contributed by atoms with Crippen LogP contribution in [0.25, 0.3) is 11.4 Å². The van der Waals surface area contributed by atoms with Gasteiger partial charge in [-0.3, -0.25) is 0 Å². The van der Waals surface area contributed by atoms with Crippen LogP contribution < -0.4 is 14.8 Å². The number of anilines is 1. The maximum absolute atomic E-state index is 14.1. The van der Waals surface area contributed by atoms with Gasteiger partial charge in [-0.15, -0.1) is 0 Å². The van der Waals surface area contributed by atoms with Crippen molar-refractivity contribution >= 4 is 5.95 Å². The summed E-state index contributed by atoms with van der Waals surface area (Å²) in [5.74, 6) is 0.465. The first-order chi connectivity index (χ1) is 10.0. The zero-order chi connectivity index (χ0) is 15.4. The van der Waals surface area contributed by atoms with E-state index < -0.39 is 5.82 Å². The lowest BCUT2D eigenvalue weighted by molar-refractivity contribution is 0.222. The first-order valence-corrected chi connectivity index (χ1v) is 6.48. The molecule has 0 amide bonds. The van der Waals surface area contributed by atoms with Crippen LogP contribution in [0.1, 0.15) is 13.8 Å². The normalized spacial score (nSPS) is 10.6. The maximum atomic E-state index is 14.1. The van der Waals surface area contributed by atoms with Gasteiger partial charge in [0, 0.05) is 13.1 Å². The number of hydrogen-bond donors (Lipinski definition) is 1. The summed E-state index contributed by atoms with van der Waals surface area (Å²) in [4.78, 5) is 12.4. The zero-order valence-electron chi connectivity index (χ0n) is 12.3. The second kappa shape index (κ2) is 6.34. The lowest BCUT2D eigenvalue weighted by Crippen LogP contribution is -2.11. The molecular weight excluding hydrogens is 275 g/mol. The number of nitrogens with one attached hydrogen (secondary N) is 1. The van der Waals surface area contributed by atoms with Gasteiger partial charge in [0.15, 0.2) is 5.82 Å². The summed E-state index contributed by atoms with van der Waals surface area (Å²) in [6, 6.07) is 4.63. The number of benzene rings is 1. The van der Waals surface area contributed by atoms with Gasteiger partial charge in [-0.2, -0.15) is 15.0 Å². The number of nitrogens with zero attached hydrogens (tertiary/aromatic N) is 3. The van der Waals surface area contributed by atoms with E-state index in [2.05, 4.69) is 20.3 Å². The highest BCUT2D eigenvalue weighted by Crippen LogP contribution is 2.25. The van der Waals surface area contributed by atoms with Crippen LogP contribution in [0.4, 0.5) is 10.3 Å². The van der Waals surface area contributed by atoms with Crippen molar-refractivity contribution in [1.29, 1.82) is 0 Å². The van der Waals surface area contributed by atoms with Crippen molar-refractivity contribution in [3.05, 3.63) is 24.0 Å². The third kappa shape index (κ3) is 3.56. The molecule has 1 N–H and O–H groups in total. The molecule has 0 saturated carbocycles. The van der Waals surface area contributed by atoms with Crippen LogP contribution in [0.15, 0.2) is 18.2 Å². The van der Waals surface area contributed by atoms with Gasteiger partial charge in [0.05, 0.1) is 18.8 Å². The number of halogens is 1. The van der Waals surface area contributed by atoms with Gasteiger partial charge in [-0.25, -0.2) is 4.39 Å². The Bertz CT molecular complexity index is 634. The minimum Gasteiger partial charge on any atom is -0.497 e. The van der Waals surface area contributed by atoms with Gasteiger partial charge >= 0.3 is 6.01 Å². The maximum Gasteiger partial charge on any atom is 0.322 e. The molecule has 1 aromatic heterocycles. The molecule has 0 atom stereocenters. The Balaban J connectivity index is 2.47. The molecule has 0 fully saturated rings. The summed E-state index contributed by atoms with van der Waals surface area (Å²) < 4.78 is 24.5.